The third-order valence-corrected chi connectivity index (χ3v) is 4.60. The smallest absolute Gasteiger partial charge is 0.226 e. The molecule has 3 aromatic rings. The standard InChI is InChI=1S/C19H17F2N3OS/c1-13-12-18(24(23-13)16-6-2-14(20)3-7-16)22-19(25)10-11-26-17-8-4-15(21)5-9-17/h2-9,12H,10-11H2,1H3,(H,22,25). The molecule has 2 aromatic carbocycles. The molecule has 3 rings (SSSR count). The number of hydrogen-bond acceptors (Lipinski definition) is 3. The van der Waals surface area contributed by atoms with E-state index in [4.69, 9.17) is 0 Å². The molecule has 0 saturated heterocycles. The summed E-state index contributed by atoms with van der Waals surface area (Å²) in [6, 6.07) is 13.8. The Morgan fingerprint density at radius 2 is 1.69 bits per heavy atom. The van der Waals surface area contributed by atoms with Crippen LogP contribution in [0.25, 0.3) is 5.69 Å². The largest absolute Gasteiger partial charge is 0.311 e. The van der Waals surface area contributed by atoms with Gasteiger partial charge in [0.15, 0.2) is 0 Å². The van der Waals surface area contributed by atoms with Crippen LogP contribution in [0.1, 0.15) is 12.1 Å². The lowest BCUT2D eigenvalue weighted by atomic mass is 10.3. The molecule has 1 aromatic heterocycles. The predicted octanol–water partition coefficient (Wildman–Crippen LogP) is 4.58. The van der Waals surface area contributed by atoms with Crippen LogP contribution in [-0.2, 0) is 4.79 Å². The molecule has 0 bridgehead atoms. The van der Waals surface area contributed by atoms with Crippen LogP contribution in [0.5, 0.6) is 0 Å². The molecule has 0 atom stereocenters. The average Bonchev–Trinajstić information content (AvgIpc) is 2.97. The Balaban J connectivity index is 1.60. The second-order valence-electron chi connectivity index (χ2n) is 5.66. The summed E-state index contributed by atoms with van der Waals surface area (Å²) in [4.78, 5) is 13.1. The summed E-state index contributed by atoms with van der Waals surface area (Å²) in [5, 5.41) is 7.17. The van der Waals surface area contributed by atoms with Crippen LogP contribution in [0, 0.1) is 18.6 Å². The topological polar surface area (TPSA) is 46.9 Å². The molecule has 1 amide bonds. The van der Waals surface area contributed by atoms with Crippen LogP contribution < -0.4 is 5.32 Å². The van der Waals surface area contributed by atoms with Gasteiger partial charge in [-0.2, -0.15) is 5.10 Å². The summed E-state index contributed by atoms with van der Waals surface area (Å²) < 4.78 is 27.5. The Kier molecular flexibility index (Phi) is 5.68. The highest BCUT2D eigenvalue weighted by Gasteiger charge is 2.11. The van der Waals surface area contributed by atoms with Crippen molar-refractivity contribution in [3.63, 3.8) is 0 Å². The molecule has 0 saturated carbocycles. The molecule has 0 radical (unpaired) electrons. The molecule has 0 unspecified atom stereocenters. The van der Waals surface area contributed by atoms with Crippen LogP contribution in [0.4, 0.5) is 14.6 Å². The monoisotopic (exact) mass is 373 g/mol. The summed E-state index contributed by atoms with van der Waals surface area (Å²) in [6.45, 7) is 1.82. The normalized spacial score (nSPS) is 10.7. The van der Waals surface area contributed by atoms with Gasteiger partial charge in [-0.15, -0.1) is 11.8 Å². The number of nitrogens with zero attached hydrogens (tertiary/aromatic N) is 2. The minimum absolute atomic E-state index is 0.150. The third kappa shape index (κ3) is 4.70. The van der Waals surface area contributed by atoms with E-state index in [1.165, 1.54) is 36.0 Å². The Labute approximate surface area is 154 Å². The predicted molar refractivity (Wildman–Crippen MR) is 98.6 cm³/mol. The molecule has 1 heterocycles. The molecular weight excluding hydrogens is 356 g/mol. The average molecular weight is 373 g/mol. The molecule has 0 fully saturated rings. The summed E-state index contributed by atoms with van der Waals surface area (Å²) in [5.41, 5.74) is 1.40. The van der Waals surface area contributed by atoms with Gasteiger partial charge >= 0.3 is 0 Å². The highest BCUT2D eigenvalue weighted by Crippen LogP contribution is 2.20. The van der Waals surface area contributed by atoms with Gasteiger partial charge in [-0.3, -0.25) is 4.79 Å². The SMILES string of the molecule is Cc1cc(NC(=O)CCSc2ccc(F)cc2)n(-c2ccc(F)cc2)n1. The van der Waals surface area contributed by atoms with Crippen molar-refractivity contribution in [3.05, 3.63) is 71.9 Å². The van der Waals surface area contributed by atoms with Crippen molar-refractivity contribution in [2.24, 2.45) is 0 Å². The minimum Gasteiger partial charge on any atom is -0.311 e. The number of thioether (sulfide) groups is 1. The zero-order valence-corrected chi connectivity index (χ0v) is 14.9. The molecule has 134 valence electrons. The van der Waals surface area contributed by atoms with E-state index in [0.717, 1.165) is 10.6 Å². The molecule has 0 spiro atoms. The quantitative estimate of drug-likeness (QED) is 0.644. The van der Waals surface area contributed by atoms with Gasteiger partial charge in [0.1, 0.15) is 17.5 Å². The van der Waals surface area contributed by atoms with E-state index in [1.807, 2.05) is 6.92 Å². The van der Waals surface area contributed by atoms with Gasteiger partial charge < -0.3 is 5.32 Å². The summed E-state index contributed by atoms with van der Waals surface area (Å²) in [5.74, 6) is 0.340. The van der Waals surface area contributed by atoms with Crippen molar-refractivity contribution in [2.45, 2.75) is 18.2 Å². The van der Waals surface area contributed by atoms with Crippen LogP contribution in [0.2, 0.25) is 0 Å². The maximum absolute atomic E-state index is 13.1. The summed E-state index contributed by atoms with van der Waals surface area (Å²) >= 11 is 1.48. The fourth-order valence-corrected chi connectivity index (χ4v) is 3.22. The Hall–Kier alpha value is -2.67. The molecular formula is C19H17F2N3OS. The van der Waals surface area contributed by atoms with Gasteiger partial charge in [0, 0.05) is 23.1 Å². The maximum atomic E-state index is 13.1. The fourth-order valence-electron chi connectivity index (χ4n) is 2.37. The Bertz CT molecular complexity index is 892. The first kappa shape index (κ1) is 18.1. The third-order valence-electron chi connectivity index (χ3n) is 3.58. The number of aryl methyl sites for hydroxylation is 1. The van der Waals surface area contributed by atoms with Gasteiger partial charge in [0.25, 0.3) is 0 Å². The minimum atomic E-state index is -0.332. The highest BCUT2D eigenvalue weighted by atomic mass is 32.2. The van der Waals surface area contributed by atoms with Crippen molar-refractivity contribution < 1.29 is 13.6 Å². The van der Waals surface area contributed by atoms with E-state index >= 15 is 0 Å². The summed E-state index contributed by atoms with van der Waals surface area (Å²) in [7, 11) is 0. The number of halogens is 2. The Morgan fingerprint density at radius 3 is 2.35 bits per heavy atom. The lowest BCUT2D eigenvalue weighted by molar-refractivity contribution is -0.115. The Morgan fingerprint density at radius 1 is 1.08 bits per heavy atom. The molecule has 0 aliphatic rings. The number of hydrogen-bond donors (Lipinski definition) is 1. The molecule has 0 aliphatic heterocycles. The molecule has 1 N–H and O–H groups in total. The van der Waals surface area contributed by atoms with Gasteiger partial charge in [-0.1, -0.05) is 0 Å². The van der Waals surface area contributed by atoms with Crippen LogP contribution in [0.3, 0.4) is 0 Å². The summed E-state index contributed by atoms with van der Waals surface area (Å²) in [6.07, 6.45) is 0.301. The second kappa shape index (κ2) is 8.14. The maximum Gasteiger partial charge on any atom is 0.226 e. The zero-order chi connectivity index (χ0) is 18.5. The van der Waals surface area contributed by atoms with Gasteiger partial charge in [0.2, 0.25) is 5.91 Å². The lowest BCUT2D eigenvalue weighted by Crippen LogP contribution is -2.15. The number of anilines is 1. The van der Waals surface area contributed by atoms with Crippen molar-refractivity contribution in [1.82, 2.24) is 9.78 Å². The number of carbonyl (C=O) groups is 1. The van der Waals surface area contributed by atoms with Gasteiger partial charge in [-0.25, -0.2) is 13.5 Å². The first-order chi connectivity index (χ1) is 12.5. The van der Waals surface area contributed by atoms with Crippen molar-refractivity contribution >= 4 is 23.5 Å². The van der Waals surface area contributed by atoms with Crippen LogP contribution >= 0.6 is 11.8 Å². The van der Waals surface area contributed by atoms with Crippen LogP contribution in [-0.4, -0.2) is 21.4 Å². The second-order valence-corrected chi connectivity index (χ2v) is 6.83. The number of amides is 1. The van der Waals surface area contributed by atoms with Crippen LogP contribution in [0.15, 0.2) is 59.5 Å². The number of benzene rings is 2. The van der Waals surface area contributed by atoms with E-state index in [2.05, 4.69) is 10.4 Å². The van der Waals surface area contributed by atoms with Crippen molar-refractivity contribution in [3.8, 4) is 5.69 Å². The zero-order valence-electron chi connectivity index (χ0n) is 14.1. The van der Waals surface area contributed by atoms with Crippen molar-refractivity contribution in [1.29, 1.82) is 0 Å². The number of carbonyl (C=O) groups excluding carboxylic acids is 1. The molecule has 0 aliphatic carbocycles. The number of aromatic nitrogens is 2. The highest BCUT2D eigenvalue weighted by molar-refractivity contribution is 7.99. The van der Waals surface area contributed by atoms with E-state index in [1.54, 1.807) is 35.0 Å². The molecule has 26 heavy (non-hydrogen) atoms. The van der Waals surface area contributed by atoms with E-state index in [-0.39, 0.29) is 17.5 Å². The van der Waals surface area contributed by atoms with Crippen molar-refractivity contribution in [2.75, 3.05) is 11.1 Å². The van der Waals surface area contributed by atoms with Gasteiger partial charge in [-0.05, 0) is 55.5 Å². The lowest BCUT2D eigenvalue weighted by Gasteiger charge is -2.09. The number of nitrogens with one attached hydrogen (secondary N) is 1. The first-order valence-corrected chi connectivity index (χ1v) is 9.00. The molecule has 7 heteroatoms. The van der Waals surface area contributed by atoms with E-state index < -0.39 is 0 Å². The van der Waals surface area contributed by atoms with E-state index in [0.29, 0.717) is 23.7 Å². The first-order valence-electron chi connectivity index (χ1n) is 8.02. The fraction of sp³-hybridized carbons (Fsp3) is 0.158. The molecule has 4 nitrogen and oxygen atoms in total. The number of rotatable bonds is 6. The van der Waals surface area contributed by atoms with E-state index in [9.17, 15) is 13.6 Å². The van der Waals surface area contributed by atoms with Gasteiger partial charge in [0.05, 0.1) is 11.4 Å².